The van der Waals surface area contributed by atoms with E-state index in [-0.39, 0.29) is 36.2 Å². The lowest BCUT2D eigenvalue weighted by Crippen LogP contribution is -2.37. The second-order valence-corrected chi connectivity index (χ2v) is 10.3. The Morgan fingerprint density at radius 1 is 1.09 bits per heavy atom. The summed E-state index contributed by atoms with van der Waals surface area (Å²) >= 11 is 0. The number of amides is 1. The zero-order chi connectivity index (χ0) is 24.7. The molecule has 0 unspecified atom stereocenters. The first kappa shape index (κ1) is 26.2. The number of anilines is 1. The maximum Gasteiger partial charge on any atom is 0.333 e. The number of benzene rings is 1. The maximum atomic E-state index is 13.6. The van der Waals surface area contributed by atoms with Crippen LogP contribution in [0.5, 0.6) is 0 Å². The van der Waals surface area contributed by atoms with E-state index in [2.05, 4.69) is 5.10 Å². The van der Waals surface area contributed by atoms with Crippen LogP contribution in [0.25, 0.3) is 0 Å². The molecule has 3 rings (SSSR count). The van der Waals surface area contributed by atoms with Gasteiger partial charge >= 0.3 is 6.55 Å². The predicted molar refractivity (Wildman–Crippen MR) is 124 cm³/mol. The minimum absolute atomic E-state index is 0.00850. The third-order valence-corrected chi connectivity index (χ3v) is 7.99. The van der Waals surface area contributed by atoms with E-state index in [9.17, 15) is 22.0 Å². The van der Waals surface area contributed by atoms with E-state index in [0.717, 1.165) is 38.3 Å². The molecule has 0 spiro atoms. The number of halogens is 2. The fourth-order valence-electron chi connectivity index (χ4n) is 4.22. The molecule has 0 atom stereocenters. The molecular formula is C23H32F2N4O4S. The number of sulfonamides is 1. The van der Waals surface area contributed by atoms with Gasteiger partial charge < -0.3 is 9.64 Å². The Hall–Kier alpha value is -2.37. The molecular weight excluding hydrogens is 466 g/mol. The number of rotatable bonds is 5. The zero-order valence-corrected chi connectivity index (χ0v) is 20.4. The average molecular weight is 499 g/mol. The highest BCUT2D eigenvalue weighted by Crippen LogP contribution is 2.29. The number of methoxy groups -OCH3 is 1. The number of nitrogens with zero attached hydrogens (tertiary/aromatic N) is 4. The number of fused-ring (bicyclic) bond motifs is 1. The Bertz CT molecular complexity index is 1070. The van der Waals surface area contributed by atoms with Crippen LogP contribution in [0.15, 0.2) is 35.4 Å². The molecule has 0 N–H and O–H groups in total. The van der Waals surface area contributed by atoms with Gasteiger partial charge in [-0.05, 0) is 31.4 Å². The van der Waals surface area contributed by atoms with E-state index >= 15 is 0 Å². The summed E-state index contributed by atoms with van der Waals surface area (Å²) in [6.45, 7) is -0.934. The molecule has 2 aromatic rings. The number of hydrogen-bond acceptors (Lipinski definition) is 5. The van der Waals surface area contributed by atoms with Gasteiger partial charge in [-0.15, -0.1) is 0 Å². The minimum Gasteiger partial charge on any atom is -0.375 e. The van der Waals surface area contributed by atoms with Crippen LogP contribution in [0, 0.1) is 6.92 Å². The molecule has 0 bridgehead atoms. The van der Waals surface area contributed by atoms with Gasteiger partial charge in [0.05, 0.1) is 11.9 Å². The normalized spacial score (nSPS) is 17.0. The number of alkyl halides is 2. The molecule has 0 fully saturated rings. The van der Waals surface area contributed by atoms with Crippen molar-refractivity contribution in [3.8, 4) is 0 Å². The number of hydrogen-bond donors (Lipinski definition) is 0. The first-order chi connectivity index (χ1) is 16.3. The predicted octanol–water partition coefficient (Wildman–Crippen LogP) is 4.11. The van der Waals surface area contributed by atoms with Gasteiger partial charge in [0.2, 0.25) is 10.0 Å². The summed E-state index contributed by atoms with van der Waals surface area (Å²) in [5, 5.41) is 3.59. The van der Waals surface area contributed by atoms with E-state index in [1.54, 1.807) is 29.2 Å². The Labute approximate surface area is 199 Å². The number of para-hydroxylation sites is 1. The molecule has 1 amide bonds. The van der Waals surface area contributed by atoms with Crippen LogP contribution in [-0.2, 0) is 26.1 Å². The number of carbonyl (C=O) groups is 1. The second kappa shape index (κ2) is 11.9. The molecule has 1 aromatic carbocycles. The Morgan fingerprint density at radius 3 is 2.38 bits per heavy atom. The number of carbonyl (C=O) groups excluding carboxylic acids is 1. The highest BCUT2D eigenvalue weighted by molar-refractivity contribution is 7.89. The van der Waals surface area contributed by atoms with Gasteiger partial charge in [-0.25, -0.2) is 13.1 Å². The van der Waals surface area contributed by atoms with Crippen LogP contribution in [-0.4, -0.2) is 55.2 Å². The van der Waals surface area contributed by atoms with E-state index in [1.165, 1.54) is 18.3 Å². The average Bonchev–Trinajstić information content (AvgIpc) is 3.20. The van der Waals surface area contributed by atoms with Crippen molar-refractivity contribution in [1.82, 2.24) is 14.1 Å². The van der Waals surface area contributed by atoms with E-state index < -0.39 is 16.6 Å². The lowest BCUT2D eigenvalue weighted by Gasteiger charge is -2.28. The van der Waals surface area contributed by atoms with Gasteiger partial charge in [0.25, 0.3) is 5.91 Å². The van der Waals surface area contributed by atoms with Crippen molar-refractivity contribution in [2.45, 2.75) is 63.4 Å². The summed E-state index contributed by atoms with van der Waals surface area (Å²) in [5.74, 6) is -0.201. The highest BCUT2D eigenvalue weighted by Gasteiger charge is 2.31. The van der Waals surface area contributed by atoms with E-state index in [4.69, 9.17) is 4.74 Å². The van der Waals surface area contributed by atoms with Crippen LogP contribution in [0.3, 0.4) is 0 Å². The molecule has 1 aliphatic rings. The summed E-state index contributed by atoms with van der Waals surface area (Å²) in [6.07, 6.45) is 6.23. The summed E-state index contributed by atoms with van der Waals surface area (Å²) in [5.41, 5.74) is 1.18. The minimum atomic E-state index is -4.11. The van der Waals surface area contributed by atoms with Gasteiger partial charge in [-0.1, -0.05) is 43.9 Å². The van der Waals surface area contributed by atoms with Crippen LogP contribution >= 0.6 is 0 Å². The fourth-order valence-corrected chi connectivity index (χ4v) is 5.83. The van der Waals surface area contributed by atoms with Crippen molar-refractivity contribution in [2.75, 3.05) is 31.7 Å². The van der Waals surface area contributed by atoms with E-state index in [1.807, 2.05) is 0 Å². The van der Waals surface area contributed by atoms with Crippen LogP contribution in [0.4, 0.5) is 14.5 Å². The van der Waals surface area contributed by atoms with Crippen molar-refractivity contribution in [1.29, 1.82) is 0 Å². The van der Waals surface area contributed by atoms with Crippen molar-refractivity contribution in [2.24, 2.45) is 0 Å². The molecule has 0 aliphatic carbocycles. The molecule has 188 valence electrons. The smallest absolute Gasteiger partial charge is 0.333 e. The third-order valence-electron chi connectivity index (χ3n) is 6.04. The number of ether oxygens (including phenoxy) is 1. The van der Waals surface area contributed by atoms with E-state index in [0.29, 0.717) is 28.9 Å². The quantitative estimate of drug-likeness (QED) is 0.619. The van der Waals surface area contributed by atoms with Crippen molar-refractivity contribution in [3.05, 3.63) is 41.7 Å². The molecule has 1 aliphatic heterocycles. The van der Waals surface area contributed by atoms with Gasteiger partial charge in [-0.2, -0.15) is 18.2 Å². The summed E-state index contributed by atoms with van der Waals surface area (Å²) in [6, 6.07) is 7.19. The second-order valence-electron chi connectivity index (χ2n) is 8.38. The molecule has 2 heterocycles. The van der Waals surface area contributed by atoms with Gasteiger partial charge in [0, 0.05) is 32.4 Å². The Morgan fingerprint density at radius 2 is 1.74 bits per heavy atom. The Balaban J connectivity index is 2.03. The molecule has 1 aromatic heterocycles. The largest absolute Gasteiger partial charge is 0.375 e. The molecule has 0 saturated heterocycles. The molecule has 8 nitrogen and oxygen atoms in total. The van der Waals surface area contributed by atoms with Crippen LogP contribution < -0.4 is 4.90 Å². The monoisotopic (exact) mass is 498 g/mol. The highest BCUT2D eigenvalue weighted by atomic mass is 32.2. The number of aromatic nitrogens is 2. The first-order valence-electron chi connectivity index (χ1n) is 11.5. The third kappa shape index (κ3) is 6.00. The van der Waals surface area contributed by atoms with Gasteiger partial charge in [0.15, 0.2) is 0 Å². The Kier molecular flexibility index (Phi) is 9.15. The van der Waals surface area contributed by atoms with Crippen LogP contribution in [0.1, 0.15) is 56.3 Å². The van der Waals surface area contributed by atoms with Gasteiger partial charge in [0.1, 0.15) is 11.5 Å². The van der Waals surface area contributed by atoms with Crippen molar-refractivity contribution in [3.63, 3.8) is 0 Å². The van der Waals surface area contributed by atoms with Gasteiger partial charge in [-0.3, -0.25) is 4.79 Å². The molecule has 0 saturated carbocycles. The van der Waals surface area contributed by atoms with Crippen molar-refractivity contribution >= 4 is 21.6 Å². The zero-order valence-electron chi connectivity index (χ0n) is 19.6. The fraction of sp³-hybridized carbons (Fsp3) is 0.565. The topological polar surface area (TPSA) is 84.7 Å². The molecule has 0 radical (unpaired) electrons. The maximum absolute atomic E-state index is 13.6. The lowest BCUT2D eigenvalue weighted by atomic mass is 10.1. The van der Waals surface area contributed by atoms with Crippen LogP contribution in [0.2, 0.25) is 0 Å². The summed E-state index contributed by atoms with van der Waals surface area (Å²) in [4.78, 5) is 14.3. The van der Waals surface area contributed by atoms with Crippen molar-refractivity contribution < 1.29 is 26.7 Å². The first-order valence-corrected chi connectivity index (χ1v) is 12.9. The SMILES string of the molecule is COCC(=O)N1CCCCCCCCN(S(=O)(=O)c2cnn(C(F)F)c2C)Cc2ccccc21. The lowest BCUT2D eigenvalue weighted by molar-refractivity contribution is -0.122. The standard InChI is InChI=1S/C23H32F2N4O4S/c1-18-21(15-26-29(18)23(24)25)34(31,32)27-13-9-5-3-4-6-10-14-28(22(30)17-33-2)20-12-8-7-11-19(20)16-27/h7-8,11-12,15,23H,3-6,9-10,13-14,16-17H2,1-2H3. The molecule has 11 heteroatoms. The summed E-state index contributed by atoms with van der Waals surface area (Å²) < 4.78 is 60.4. The molecule has 34 heavy (non-hydrogen) atoms. The summed E-state index contributed by atoms with van der Waals surface area (Å²) in [7, 11) is -2.65.